The van der Waals surface area contributed by atoms with Crippen LogP contribution < -0.4 is 0 Å². The van der Waals surface area contributed by atoms with Crippen molar-refractivity contribution in [3.8, 4) is 0 Å². The quantitative estimate of drug-likeness (QED) is 0.759. The second-order valence-corrected chi connectivity index (χ2v) is 7.22. The Balaban J connectivity index is 1.93. The molecule has 6 heteroatoms. The second-order valence-electron chi connectivity index (χ2n) is 6.56. The van der Waals surface area contributed by atoms with E-state index in [1.165, 1.54) is 4.90 Å². The van der Waals surface area contributed by atoms with E-state index in [2.05, 4.69) is 12.6 Å². The van der Waals surface area contributed by atoms with Crippen LogP contribution in [0, 0.1) is 11.8 Å². The van der Waals surface area contributed by atoms with E-state index < -0.39 is 17.9 Å². The number of nitrogens with zero attached hydrogens (tertiary/aromatic N) is 1. The summed E-state index contributed by atoms with van der Waals surface area (Å²) in [5, 5.41) is 9.26. The summed E-state index contributed by atoms with van der Waals surface area (Å²) < 4.78 is 0. The predicted molar refractivity (Wildman–Crippen MR) is 85.9 cm³/mol. The highest BCUT2D eigenvalue weighted by atomic mass is 32.1. The third-order valence-corrected chi connectivity index (χ3v) is 5.51. The number of carbonyl (C=O) groups excluding carboxylic acids is 2. The summed E-state index contributed by atoms with van der Waals surface area (Å²) in [5.41, 5.74) is 0. The number of thiol groups is 1. The molecule has 2 aliphatic rings. The van der Waals surface area contributed by atoms with Gasteiger partial charge in [-0.05, 0) is 25.7 Å². The Morgan fingerprint density at radius 1 is 1.18 bits per heavy atom. The van der Waals surface area contributed by atoms with Crippen molar-refractivity contribution >= 4 is 30.3 Å². The molecule has 22 heavy (non-hydrogen) atoms. The van der Waals surface area contributed by atoms with Gasteiger partial charge >= 0.3 is 5.97 Å². The van der Waals surface area contributed by atoms with E-state index in [9.17, 15) is 14.4 Å². The molecule has 0 spiro atoms. The van der Waals surface area contributed by atoms with Crippen LogP contribution in [0.1, 0.15) is 51.9 Å². The normalized spacial score (nSPS) is 30.1. The van der Waals surface area contributed by atoms with Crippen molar-refractivity contribution in [2.45, 2.75) is 63.2 Å². The number of aliphatic carboxylic acids is 1. The number of carbonyl (C=O) groups is 3. The maximum atomic E-state index is 12.5. The number of hydrogen-bond acceptors (Lipinski definition) is 4. The minimum absolute atomic E-state index is 0.0545. The van der Waals surface area contributed by atoms with Gasteiger partial charge in [-0.1, -0.05) is 19.8 Å². The number of likely N-dealkylation sites (tertiary alicyclic amines) is 1. The van der Waals surface area contributed by atoms with Crippen molar-refractivity contribution in [2.24, 2.45) is 11.8 Å². The smallest absolute Gasteiger partial charge is 0.326 e. The Bertz CT molecular complexity index is 453. The van der Waals surface area contributed by atoms with Gasteiger partial charge in [-0.25, -0.2) is 4.79 Å². The van der Waals surface area contributed by atoms with Crippen LogP contribution in [-0.2, 0) is 14.4 Å². The Morgan fingerprint density at radius 3 is 2.50 bits per heavy atom. The molecule has 0 bridgehead atoms. The fraction of sp³-hybridized carbons (Fsp3) is 0.812. The van der Waals surface area contributed by atoms with E-state index in [-0.39, 0.29) is 29.3 Å². The predicted octanol–water partition coefficient (Wildman–Crippen LogP) is 2.15. The first-order valence-corrected chi connectivity index (χ1v) is 8.67. The molecule has 2 fully saturated rings. The van der Waals surface area contributed by atoms with Crippen molar-refractivity contribution in [1.29, 1.82) is 0 Å². The van der Waals surface area contributed by atoms with Crippen LogP contribution in [-0.4, -0.2) is 45.5 Å². The van der Waals surface area contributed by atoms with Crippen molar-refractivity contribution in [3.63, 3.8) is 0 Å². The summed E-state index contributed by atoms with van der Waals surface area (Å²) >= 11 is 4.50. The zero-order chi connectivity index (χ0) is 16.3. The minimum Gasteiger partial charge on any atom is -0.480 e. The van der Waals surface area contributed by atoms with Crippen LogP contribution in [0.2, 0.25) is 0 Å². The molecule has 5 nitrogen and oxygen atoms in total. The van der Waals surface area contributed by atoms with Gasteiger partial charge in [0, 0.05) is 30.1 Å². The van der Waals surface area contributed by atoms with Crippen LogP contribution in [0.3, 0.4) is 0 Å². The van der Waals surface area contributed by atoms with E-state index in [0.29, 0.717) is 19.4 Å². The maximum absolute atomic E-state index is 12.5. The number of rotatable bonds is 5. The molecule has 0 aromatic heterocycles. The number of amides is 1. The van der Waals surface area contributed by atoms with E-state index in [0.717, 1.165) is 25.7 Å². The van der Waals surface area contributed by atoms with Crippen LogP contribution in [0.15, 0.2) is 0 Å². The van der Waals surface area contributed by atoms with E-state index in [1.54, 1.807) is 6.92 Å². The second kappa shape index (κ2) is 7.49. The summed E-state index contributed by atoms with van der Waals surface area (Å²) in [6.07, 6.45) is 5.38. The molecule has 0 radical (unpaired) electrons. The molecule has 1 aliphatic carbocycles. The molecular weight excluding hydrogens is 302 g/mol. The summed E-state index contributed by atoms with van der Waals surface area (Å²) in [4.78, 5) is 37.5. The highest BCUT2D eigenvalue weighted by Gasteiger charge is 2.37. The largest absolute Gasteiger partial charge is 0.480 e. The molecule has 124 valence electrons. The number of carboxylic acid groups (broad SMARTS) is 1. The number of carboxylic acids is 1. The van der Waals surface area contributed by atoms with Gasteiger partial charge in [-0.3, -0.25) is 9.59 Å². The zero-order valence-electron chi connectivity index (χ0n) is 13.0. The summed E-state index contributed by atoms with van der Waals surface area (Å²) in [5.74, 6) is -1.56. The SMILES string of the molecule is C[C@H](CC(=O)C1CCCCC1S)C(=O)N1CCCC1C(=O)O. The fourth-order valence-corrected chi connectivity index (χ4v) is 4.10. The van der Waals surface area contributed by atoms with Gasteiger partial charge in [0.1, 0.15) is 11.8 Å². The Hall–Kier alpha value is -1.04. The van der Waals surface area contributed by atoms with Gasteiger partial charge in [0.25, 0.3) is 0 Å². The first kappa shape index (κ1) is 17.3. The summed E-state index contributed by atoms with van der Waals surface area (Å²) in [7, 11) is 0. The van der Waals surface area contributed by atoms with Crippen LogP contribution in [0.4, 0.5) is 0 Å². The number of ketones is 1. The monoisotopic (exact) mass is 327 g/mol. The van der Waals surface area contributed by atoms with E-state index in [1.807, 2.05) is 0 Å². The van der Waals surface area contributed by atoms with Gasteiger partial charge in [-0.15, -0.1) is 0 Å². The molecule has 1 N–H and O–H groups in total. The van der Waals surface area contributed by atoms with Crippen molar-refractivity contribution < 1.29 is 19.5 Å². The number of hydrogen-bond donors (Lipinski definition) is 2. The van der Waals surface area contributed by atoms with Gasteiger partial charge < -0.3 is 10.0 Å². The topological polar surface area (TPSA) is 74.7 Å². The fourth-order valence-electron chi connectivity index (χ4n) is 3.60. The molecule has 1 saturated carbocycles. The molecule has 0 aromatic rings. The number of Topliss-reactive ketones (excluding diaryl/α,β-unsaturated/α-hetero) is 1. The maximum Gasteiger partial charge on any atom is 0.326 e. The average molecular weight is 327 g/mol. The van der Waals surface area contributed by atoms with Gasteiger partial charge in [0.2, 0.25) is 5.91 Å². The molecule has 4 atom stereocenters. The van der Waals surface area contributed by atoms with E-state index in [4.69, 9.17) is 5.11 Å². The minimum atomic E-state index is -0.952. The lowest BCUT2D eigenvalue weighted by atomic mass is 9.82. The van der Waals surface area contributed by atoms with Crippen LogP contribution >= 0.6 is 12.6 Å². The van der Waals surface area contributed by atoms with Crippen molar-refractivity contribution in [2.75, 3.05) is 6.54 Å². The molecule has 1 amide bonds. The molecule has 1 aliphatic heterocycles. The molecule has 1 saturated heterocycles. The lowest BCUT2D eigenvalue weighted by Crippen LogP contribution is -2.43. The van der Waals surface area contributed by atoms with Gasteiger partial charge in [0.15, 0.2) is 0 Å². The Morgan fingerprint density at radius 2 is 1.86 bits per heavy atom. The molecule has 3 unspecified atom stereocenters. The van der Waals surface area contributed by atoms with Crippen LogP contribution in [0.25, 0.3) is 0 Å². The van der Waals surface area contributed by atoms with Crippen LogP contribution in [0.5, 0.6) is 0 Å². The molecular formula is C16H25NO4S. The molecule has 2 rings (SSSR count). The van der Waals surface area contributed by atoms with Gasteiger partial charge in [0.05, 0.1) is 0 Å². The average Bonchev–Trinajstić information content (AvgIpc) is 2.96. The van der Waals surface area contributed by atoms with Gasteiger partial charge in [-0.2, -0.15) is 12.6 Å². The van der Waals surface area contributed by atoms with Crippen molar-refractivity contribution in [1.82, 2.24) is 4.90 Å². The molecule has 1 heterocycles. The van der Waals surface area contributed by atoms with Crippen molar-refractivity contribution in [3.05, 3.63) is 0 Å². The third kappa shape index (κ3) is 3.83. The first-order chi connectivity index (χ1) is 10.4. The highest BCUT2D eigenvalue weighted by Crippen LogP contribution is 2.31. The highest BCUT2D eigenvalue weighted by molar-refractivity contribution is 7.81. The Kier molecular flexibility index (Phi) is 5.89. The molecule has 0 aromatic carbocycles. The Labute approximate surface area is 136 Å². The lowest BCUT2D eigenvalue weighted by molar-refractivity contribution is -0.150. The zero-order valence-corrected chi connectivity index (χ0v) is 13.9. The summed E-state index contributed by atoms with van der Waals surface area (Å²) in [6, 6.07) is -0.725. The standard InChI is InChI=1S/C16H25NO4S/c1-10(9-13(18)11-5-2-3-7-14(11)22)15(19)17-8-4-6-12(17)16(20)21/h10-12,14,22H,2-9H2,1H3,(H,20,21)/t10-,11?,12?,14?/m1/s1. The van der Waals surface area contributed by atoms with E-state index >= 15 is 0 Å². The first-order valence-electron chi connectivity index (χ1n) is 8.16. The lowest BCUT2D eigenvalue weighted by Gasteiger charge is -2.29. The summed E-state index contributed by atoms with van der Waals surface area (Å²) in [6.45, 7) is 2.21. The third-order valence-electron chi connectivity index (χ3n) is 4.89.